The van der Waals surface area contributed by atoms with Gasteiger partial charge in [-0.15, -0.1) is 0 Å². The van der Waals surface area contributed by atoms with Crippen molar-refractivity contribution in [1.82, 2.24) is 14.9 Å². The molecule has 8 nitrogen and oxygen atoms in total. The molecule has 0 spiro atoms. The van der Waals surface area contributed by atoms with Crippen molar-refractivity contribution in [3.63, 3.8) is 0 Å². The lowest BCUT2D eigenvalue weighted by atomic mass is 9.87. The van der Waals surface area contributed by atoms with Crippen LogP contribution in [0.4, 0.5) is 0 Å². The highest BCUT2D eigenvalue weighted by Gasteiger charge is 2.17. The Balaban J connectivity index is 1.25. The van der Waals surface area contributed by atoms with Gasteiger partial charge in [0.1, 0.15) is 11.6 Å². The Labute approximate surface area is 255 Å². The molecule has 43 heavy (non-hydrogen) atoms. The lowest BCUT2D eigenvalue weighted by Crippen LogP contribution is -2.24. The Bertz CT molecular complexity index is 1460. The number of carbonyl (C=O) groups is 1. The minimum absolute atomic E-state index is 0.131. The Hall–Kier alpha value is -4.20. The molecule has 0 fully saturated rings. The maximum absolute atomic E-state index is 12.8. The molecule has 0 atom stereocenters. The number of fused-ring (bicyclic) bond motifs is 1. The zero-order valence-electron chi connectivity index (χ0n) is 26.4. The molecule has 1 heterocycles. The highest BCUT2D eigenvalue weighted by atomic mass is 16.5. The van der Waals surface area contributed by atoms with E-state index in [1.165, 1.54) is 26.9 Å². The van der Waals surface area contributed by atoms with Crippen LogP contribution in [0.1, 0.15) is 68.2 Å². The molecular formula is C35H45N3O5. The van der Waals surface area contributed by atoms with Crippen molar-refractivity contribution >= 4 is 16.9 Å². The molecule has 230 valence electrons. The van der Waals surface area contributed by atoms with Crippen LogP contribution in [0, 0.1) is 0 Å². The number of aryl methyl sites for hydroxylation is 2. The summed E-state index contributed by atoms with van der Waals surface area (Å²) in [7, 11) is 4.61. The summed E-state index contributed by atoms with van der Waals surface area (Å²) < 4.78 is 24.5. The third-order valence-corrected chi connectivity index (χ3v) is 7.54. The van der Waals surface area contributed by atoms with Crippen molar-refractivity contribution in [3.8, 4) is 23.0 Å². The van der Waals surface area contributed by atoms with Gasteiger partial charge in [-0.1, -0.05) is 51.5 Å². The van der Waals surface area contributed by atoms with Gasteiger partial charge in [-0.2, -0.15) is 0 Å². The molecule has 0 aliphatic carbocycles. The van der Waals surface area contributed by atoms with Gasteiger partial charge in [-0.3, -0.25) is 4.79 Å². The minimum Gasteiger partial charge on any atom is -0.494 e. The van der Waals surface area contributed by atoms with Gasteiger partial charge in [0.2, 0.25) is 5.75 Å². The van der Waals surface area contributed by atoms with Crippen molar-refractivity contribution in [2.45, 2.75) is 64.8 Å². The number of carbonyl (C=O) groups excluding carboxylic acids is 1. The second kappa shape index (κ2) is 14.8. The normalized spacial score (nSPS) is 11.4. The topological polar surface area (TPSA) is 83.8 Å². The summed E-state index contributed by atoms with van der Waals surface area (Å²) in [5.74, 6) is 3.20. The number of nitrogens with one attached hydrogen (secondary N) is 1. The molecule has 3 aromatic carbocycles. The standard InChI is InChI=1S/C35H45N3O5/c1-35(2,3)26-16-18-27(19-17-26)43-22-12-21-38-29-14-10-9-13-28(29)37-32(38)15-8-7-11-20-36-34(39)25-23-30(40-4)33(42-6)31(24-25)41-5/h9-10,13-14,16-19,23-24H,7-8,11-12,15,20-22H2,1-6H3,(H,36,39). The number of unbranched alkanes of at least 4 members (excludes halogenated alkanes) is 2. The second-order valence-corrected chi connectivity index (χ2v) is 11.6. The van der Waals surface area contributed by atoms with Crippen LogP contribution in [0.15, 0.2) is 60.7 Å². The number of hydrogen-bond acceptors (Lipinski definition) is 6. The van der Waals surface area contributed by atoms with Crippen LogP contribution in [0.2, 0.25) is 0 Å². The van der Waals surface area contributed by atoms with Crippen molar-refractivity contribution in [1.29, 1.82) is 0 Å². The molecule has 0 saturated heterocycles. The first-order valence-electron chi connectivity index (χ1n) is 15.0. The average Bonchev–Trinajstić information content (AvgIpc) is 3.36. The fourth-order valence-corrected chi connectivity index (χ4v) is 5.13. The lowest BCUT2D eigenvalue weighted by Gasteiger charge is -2.19. The first kappa shape index (κ1) is 31.7. The SMILES string of the molecule is COc1cc(C(=O)NCCCCCc2nc3ccccc3n2CCCOc2ccc(C(C)(C)C)cc2)cc(OC)c1OC. The van der Waals surface area contributed by atoms with Crippen LogP contribution in [0.25, 0.3) is 11.0 Å². The van der Waals surface area contributed by atoms with Gasteiger partial charge in [0.05, 0.1) is 39.0 Å². The second-order valence-electron chi connectivity index (χ2n) is 11.6. The van der Waals surface area contributed by atoms with E-state index in [1.54, 1.807) is 12.1 Å². The highest BCUT2D eigenvalue weighted by Crippen LogP contribution is 2.38. The van der Waals surface area contributed by atoms with Gasteiger partial charge < -0.3 is 28.8 Å². The maximum atomic E-state index is 12.8. The molecule has 0 unspecified atom stereocenters. The molecule has 8 heteroatoms. The first-order chi connectivity index (χ1) is 20.7. The van der Waals surface area contributed by atoms with Crippen molar-refractivity contribution in [3.05, 3.63) is 77.6 Å². The van der Waals surface area contributed by atoms with Crippen molar-refractivity contribution in [2.24, 2.45) is 0 Å². The van der Waals surface area contributed by atoms with E-state index in [2.05, 4.69) is 73.1 Å². The van der Waals surface area contributed by atoms with Crippen LogP contribution >= 0.6 is 0 Å². The summed E-state index contributed by atoms with van der Waals surface area (Å²) in [6.07, 6.45) is 4.61. The molecule has 4 rings (SSSR count). The van der Waals surface area contributed by atoms with Gasteiger partial charge in [0, 0.05) is 25.1 Å². The van der Waals surface area contributed by atoms with E-state index in [4.69, 9.17) is 23.9 Å². The van der Waals surface area contributed by atoms with Crippen molar-refractivity contribution in [2.75, 3.05) is 34.5 Å². The van der Waals surface area contributed by atoms with Gasteiger partial charge in [0.15, 0.2) is 11.5 Å². The third kappa shape index (κ3) is 8.21. The smallest absolute Gasteiger partial charge is 0.251 e. The van der Waals surface area contributed by atoms with E-state index in [0.717, 1.165) is 61.3 Å². The van der Waals surface area contributed by atoms with E-state index < -0.39 is 0 Å². The van der Waals surface area contributed by atoms with Gasteiger partial charge in [0.25, 0.3) is 5.91 Å². The summed E-state index contributed by atoms with van der Waals surface area (Å²) in [4.78, 5) is 17.7. The zero-order chi connectivity index (χ0) is 30.8. The minimum atomic E-state index is -0.173. The van der Waals surface area contributed by atoms with Crippen LogP contribution in [-0.4, -0.2) is 49.9 Å². The van der Waals surface area contributed by atoms with E-state index in [-0.39, 0.29) is 11.3 Å². The lowest BCUT2D eigenvalue weighted by molar-refractivity contribution is 0.0952. The summed E-state index contributed by atoms with van der Waals surface area (Å²) in [5.41, 5.74) is 4.08. The van der Waals surface area contributed by atoms with Crippen LogP contribution in [0.5, 0.6) is 23.0 Å². The average molecular weight is 588 g/mol. The molecule has 4 aromatic rings. The number of methoxy groups -OCH3 is 3. The predicted octanol–water partition coefficient (Wildman–Crippen LogP) is 6.97. The number of rotatable bonds is 15. The summed E-state index contributed by atoms with van der Waals surface area (Å²) in [6, 6.07) is 20.0. The summed E-state index contributed by atoms with van der Waals surface area (Å²) in [6.45, 7) is 8.72. The molecule has 1 N–H and O–H groups in total. The fourth-order valence-electron chi connectivity index (χ4n) is 5.13. The molecule has 1 aromatic heterocycles. The monoisotopic (exact) mass is 587 g/mol. The number of nitrogens with zero attached hydrogens (tertiary/aromatic N) is 2. The van der Waals surface area contributed by atoms with Gasteiger partial charge >= 0.3 is 0 Å². The van der Waals surface area contributed by atoms with Crippen LogP contribution < -0.4 is 24.3 Å². The van der Waals surface area contributed by atoms with E-state index in [1.807, 2.05) is 6.07 Å². The number of amides is 1. The molecular weight excluding hydrogens is 542 g/mol. The fraction of sp³-hybridized carbons (Fsp3) is 0.429. The Morgan fingerprint density at radius 3 is 2.21 bits per heavy atom. The summed E-state index contributed by atoms with van der Waals surface area (Å²) in [5, 5.41) is 3.00. The molecule has 0 bridgehead atoms. The Morgan fingerprint density at radius 2 is 1.56 bits per heavy atom. The molecule has 0 radical (unpaired) electrons. The van der Waals surface area contributed by atoms with E-state index in [9.17, 15) is 4.79 Å². The number of imidazole rings is 1. The largest absolute Gasteiger partial charge is 0.494 e. The zero-order valence-corrected chi connectivity index (χ0v) is 26.4. The van der Waals surface area contributed by atoms with Gasteiger partial charge in [-0.25, -0.2) is 4.98 Å². The predicted molar refractivity (Wildman–Crippen MR) is 171 cm³/mol. The number of aromatic nitrogens is 2. The molecule has 1 amide bonds. The van der Waals surface area contributed by atoms with E-state index in [0.29, 0.717) is 36.0 Å². The summed E-state index contributed by atoms with van der Waals surface area (Å²) >= 11 is 0. The van der Waals surface area contributed by atoms with Gasteiger partial charge in [-0.05, 0) is 66.6 Å². The number of ether oxygens (including phenoxy) is 4. The Morgan fingerprint density at radius 1 is 0.860 bits per heavy atom. The third-order valence-electron chi connectivity index (χ3n) is 7.54. The number of para-hydroxylation sites is 2. The molecule has 0 saturated carbocycles. The first-order valence-corrected chi connectivity index (χ1v) is 15.0. The van der Waals surface area contributed by atoms with E-state index >= 15 is 0 Å². The number of hydrogen-bond donors (Lipinski definition) is 1. The Kier molecular flexibility index (Phi) is 10.9. The van der Waals surface area contributed by atoms with Crippen molar-refractivity contribution < 1.29 is 23.7 Å². The van der Waals surface area contributed by atoms with Crippen LogP contribution in [-0.2, 0) is 18.4 Å². The quantitative estimate of drug-likeness (QED) is 0.151. The van der Waals surface area contributed by atoms with Crippen LogP contribution in [0.3, 0.4) is 0 Å². The highest BCUT2D eigenvalue weighted by molar-refractivity contribution is 5.95. The molecule has 0 aliphatic rings. The molecule has 0 aliphatic heterocycles. The number of benzene rings is 3. The maximum Gasteiger partial charge on any atom is 0.251 e.